The van der Waals surface area contributed by atoms with Crippen molar-refractivity contribution in [3.05, 3.63) is 0 Å². The highest BCUT2D eigenvalue weighted by Gasteiger charge is 2.47. The molecule has 2 unspecified atom stereocenters. The Bertz CT molecular complexity index is 550. The normalized spacial score (nSPS) is 39.4. The summed E-state index contributed by atoms with van der Waals surface area (Å²) in [6, 6.07) is -0.249. The largest absolute Gasteiger partial charge is 0.388 e. The number of aliphatic hydroxyl groups excluding tert-OH is 3. The van der Waals surface area contributed by atoms with Crippen LogP contribution in [0, 0.1) is 5.92 Å². The van der Waals surface area contributed by atoms with E-state index in [0.29, 0.717) is 18.5 Å². The summed E-state index contributed by atoms with van der Waals surface area (Å²) in [5.74, 6) is 0.462. The molecule has 1 amide bonds. The molecular weight excluding hydrogens is 394 g/mol. The van der Waals surface area contributed by atoms with Gasteiger partial charge in [-0.1, -0.05) is 13.3 Å². The van der Waals surface area contributed by atoms with E-state index in [1.807, 2.05) is 7.05 Å². The second kappa shape index (κ2) is 10.3. The third-order valence-corrected chi connectivity index (χ3v) is 7.26. The molecule has 3 fully saturated rings. The van der Waals surface area contributed by atoms with E-state index in [2.05, 4.69) is 22.5 Å². The molecule has 2 aliphatic heterocycles. The van der Waals surface area contributed by atoms with E-state index in [0.717, 1.165) is 38.6 Å². The van der Waals surface area contributed by atoms with Crippen molar-refractivity contribution < 1.29 is 24.9 Å². The molecule has 2 saturated heterocycles. The van der Waals surface area contributed by atoms with E-state index >= 15 is 0 Å². The molecule has 0 aromatic heterocycles. The van der Waals surface area contributed by atoms with Gasteiger partial charge in [-0.25, -0.2) is 0 Å². The van der Waals surface area contributed by atoms with E-state index in [1.54, 1.807) is 6.26 Å². The van der Waals surface area contributed by atoms with Gasteiger partial charge in [-0.05, 0) is 44.9 Å². The van der Waals surface area contributed by atoms with Gasteiger partial charge < -0.3 is 30.7 Å². The summed E-state index contributed by atoms with van der Waals surface area (Å²) in [5, 5.41) is 37.5. The first-order valence-electron chi connectivity index (χ1n) is 10.8. The molecule has 3 rings (SSSR count). The van der Waals surface area contributed by atoms with Crippen molar-refractivity contribution in [2.75, 3.05) is 26.4 Å². The number of thioether (sulfide) groups is 1. The number of nitrogens with zero attached hydrogens (tertiary/aromatic N) is 1. The van der Waals surface area contributed by atoms with Gasteiger partial charge in [0.2, 0.25) is 5.91 Å². The minimum atomic E-state index is -1.31. The Balaban J connectivity index is 1.68. The Kier molecular flexibility index (Phi) is 8.22. The van der Waals surface area contributed by atoms with Crippen LogP contribution in [0.4, 0.5) is 0 Å². The van der Waals surface area contributed by atoms with Crippen molar-refractivity contribution in [3.8, 4) is 0 Å². The fourth-order valence-electron chi connectivity index (χ4n) is 4.54. The molecule has 8 nitrogen and oxygen atoms in total. The molecule has 1 aliphatic carbocycles. The van der Waals surface area contributed by atoms with Crippen LogP contribution in [0.2, 0.25) is 0 Å². The Morgan fingerprint density at radius 2 is 1.97 bits per heavy atom. The molecule has 2 heterocycles. The van der Waals surface area contributed by atoms with Gasteiger partial charge in [0.05, 0.1) is 12.1 Å². The molecule has 0 aromatic carbocycles. The van der Waals surface area contributed by atoms with Crippen molar-refractivity contribution >= 4 is 17.7 Å². The van der Waals surface area contributed by atoms with Crippen LogP contribution in [0.3, 0.4) is 0 Å². The van der Waals surface area contributed by atoms with E-state index in [4.69, 9.17) is 4.74 Å². The zero-order valence-corrected chi connectivity index (χ0v) is 18.5. The van der Waals surface area contributed by atoms with Gasteiger partial charge in [-0.3, -0.25) is 9.69 Å². The number of ether oxygens (including phenoxy) is 1. The number of carbonyl (C=O) groups is 1. The van der Waals surface area contributed by atoms with E-state index < -0.39 is 35.9 Å². The minimum Gasteiger partial charge on any atom is -0.388 e. The van der Waals surface area contributed by atoms with Crippen LogP contribution in [-0.2, 0) is 9.53 Å². The van der Waals surface area contributed by atoms with Crippen molar-refractivity contribution in [2.24, 2.45) is 5.92 Å². The molecule has 8 atom stereocenters. The van der Waals surface area contributed by atoms with Crippen molar-refractivity contribution in [3.63, 3.8) is 0 Å². The van der Waals surface area contributed by atoms with Crippen LogP contribution in [-0.4, -0.2) is 100 Å². The van der Waals surface area contributed by atoms with Crippen LogP contribution in [0.15, 0.2) is 0 Å². The van der Waals surface area contributed by atoms with Gasteiger partial charge >= 0.3 is 0 Å². The summed E-state index contributed by atoms with van der Waals surface area (Å²) >= 11 is 1.28. The van der Waals surface area contributed by atoms with Crippen LogP contribution < -0.4 is 10.6 Å². The maximum absolute atomic E-state index is 13.1. The number of likely N-dealkylation sites (tertiary alicyclic amines) is 1. The zero-order valence-electron chi connectivity index (χ0n) is 17.7. The lowest BCUT2D eigenvalue weighted by Crippen LogP contribution is -2.65. The monoisotopic (exact) mass is 431 g/mol. The first-order chi connectivity index (χ1) is 13.8. The van der Waals surface area contributed by atoms with Crippen molar-refractivity contribution in [1.29, 1.82) is 0 Å². The highest BCUT2D eigenvalue weighted by Crippen LogP contribution is 2.30. The Morgan fingerprint density at radius 3 is 2.59 bits per heavy atom. The SMILES string of the molecule is CCC[C@@H]1C[C@@H](C(=O)N[C@H](CNC2CC2)[C@H]2OC(SC)[C@H](O)[C@H](O)C2O)N(C)C1. The summed E-state index contributed by atoms with van der Waals surface area (Å²) in [5.41, 5.74) is -0.651. The average Bonchev–Trinajstić information content (AvgIpc) is 3.45. The Morgan fingerprint density at radius 1 is 1.24 bits per heavy atom. The number of carbonyl (C=O) groups excluding carboxylic acids is 1. The van der Waals surface area contributed by atoms with Gasteiger partial charge in [-0.2, -0.15) is 0 Å². The molecule has 5 N–H and O–H groups in total. The smallest absolute Gasteiger partial charge is 0.237 e. The molecule has 0 radical (unpaired) electrons. The second-order valence-corrected chi connectivity index (χ2v) is 9.76. The highest BCUT2D eigenvalue weighted by molar-refractivity contribution is 7.99. The maximum Gasteiger partial charge on any atom is 0.237 e. The summed E-state index contributed by atoms with van der Waals surface area (Å²) < 4.78 is 5.93. The fourth-order valence-corrected chi connectivity index (χ4v) is 5.22. The summed E-state index contributed by atoms with van der Waals surface area (Å²) in [6.07, 6.45) is 2.52. The first-order valence-corrected chi connectivity index (χ1v) is 12.1. The Hall–Kier alpha value is -0.420. The number of hydrogen-bond acceptors (Lipinski definition) is 8. The van der Waals surface area contributed by atoms with Gasteiger partial charge in [0.1, 0.15) is 29.9 Å². The molecule has 168 valence electrons. The maximum atomic E-state index is 13.1. The molecule has 0 aromatic rings. The molecular formula is C20H37N3O5S. The lowest BCUT2D eigenvalue weighted by atomic mass is 9.94. The highest BCUT2D eigenvalue weighted by atomic mass is 32.2. The third-order valence-electron chi connectivity index (χ3n) is 6.40. The van der Waals surface area contributed by atoms with Crippen molar-refractivity contribution in [2.45, 2.75) is 87.0 Å². The minimum absolute atomic E-state index is 0.0641. The number of nitrogens with one attached hydrogen (secondary N) is 2. The molecule has 3 aliphatic rings. The summed E-state index contributed by atoms with van der Waals surface area (Å²) in [6.45, 7) is 3.53. The lowest BCUT2D eigenvalue weighted by molar-refractivity contribution is -0.205. The van der Waals surface area contributed by atoms with Crippen LogP contribution in [0.5, 0.6) is 0 Å². The Labute approximate surface area is 177 Å². The number of likely N-dealkylation sites (N-methyl/N-ethyl adjacent to an activating group) is 1. The predicted molar refractivity (Wildman–Crippen MR) is 113 cm³/mol. The molecule has 1 saturated carbocycles. The topological polar surface area (TPSA) is 114 Å². The van der Waals surface area contributed by atoms with Gasteiger partial charge in [-0.15, -0.1) is 11.8 Å². The molecule has 0 spiro atoms. The molecule has 29 heavy (non-hydrogen) atoms. The molecule has 9 heteroatoms. The van der Waals surface area contributed by atoms with E-state index in [9.17, 15) is 20.1 Å². The van der Waals surface area contributed by atoms with E-state index in [1.165, 1.54) is 11.8 Å². The van der Waals surface area contributed by atoms with E-state index in [-0.39, 0.29) is 11.9 Å². The van der Waals surface area contributed by atoms with Crippen LogP contribution >= 0.6 is 11.8 Å². The number of hydrogen-bond donors (Lipinski definition) is 5. The fraction of sp³-hybridized carbons (Fsp3) is 0.950. The first kappa shape index (κ1) is 23.2. The number of amides is 1. The lowest BCUT2D eigenvalue weighted by Gasteiger charge is -2.43. The quantitative estimate of drug-likeness (QED) is 0.332. The predicted octanol–water partition coefficient (Wildman–Crippen LogP) is -0.486. The number of rotatable bonds is 9. The molecule has 0 bridgehead atoms. The van der Waals surface area contributed by atoms with Crippen LogP contribution in [0.25, 0.3) is 0 Å². The number of aliphatic hydroxyl groups is 3. The van der Waals surface area contributed by atoms with Gasteiger partial charge in [0, 0.05) is 19.1 Å². The van der Waals surface area contributed by atoms with Gasteiger partial charge in [0.15, 0.2) is 0 Å². The zero-order chi connectivity index (χ0) is 21.1. The summed E-state index contributed by atoms with van der Waals surface area (Å²) in [7, 11) is 1.98. The van der Waals surface area contributed by atoms with Crippen LogP contribution in [0.1, 0.15) is 39.0 Å². The standard InChI is InChI=1S/C20H37N3O5S/c1-4-5-11-8-14(23(2)10-11)19(27)22-13(9-21-12-6-7-12)18-16(25)15(24)17(26)20(28-18)29-3/h11-18,20-21,24-26H,4-10H2,1-3H3,(H,22,27)/t11-,13-,14+,15-,16?,17-,18-,20?/m1/s1. The third kappa shape index (κ3) is 5.64. The van der Waals surface area contributed by atoms with Gasteiger partial charge in [0.25, 0.3) is 0 Å². The summed E-state index contributed by atoms with van der Waals surface area (Å²) in [4.78, 5) is 15.2. The second-order valence-electron chi connectivity index (χ2n) is 8.82. The average molecular weight is 432 g/mol. The van der Waals surface area contributed by atoms with Crippen molar-refractivity contribution in [1.82, 2.24) is 15.5 Å².